The number of halogens is 1. The molecule has 0 saturated heterocycles. The van der Waals surface area contributed by atoms with Gasteiger partial charge in [0.25, 0.3) is 0 Å². The van der Waals surface area contributed by atoms with Crippen LogP contribution in [0.1, 0.15) is 56.2 Å². The summed E-state index contributed by atoms with van der Waals surface area (Å²) in [5.74, 6) is 1.27. The lowest BCUT2D eigenvalue weighted by Crippen LogP contribution is -2.26. The van der Waals surface area contributed by atoms with Crippen molar-refractivity contribution in [1.82, 2.24) is 0 Å². The van der Waals surface area contributed by atoms with E-state index in [0.717, 1.165) is 11.5 Å². The third kappa shape index (κ3) is 2.92. The van der Waals surface area contributed by atoms with Gasteiger partial charge in [0.05, 0.1) is 0 Å². The normalized spacial score (nSPS) is 26.0. The summed E-state index contributed by atoms with van der Waals surface area (Å²) in [7, 11) is 0. The molecule has 1 nitrogen and oxygen atoms in total. The van der Waals surface area contributed by atoms with Crippen molar-refractivity contribution in [1.29, 1.82) is 0 Å². The molecule has 18 heavy (non-hydrogen) atoms. The zero-order valence-electron chi connectivity index (χ0n) is 11.5. The zero-order chi connectivity index (χ0) is 13.1. The van der Waals surface area contributed by atoms with Crippen molar-refractivity contribution in [3.8, 4) is 0 Å². The van der Waals surface area contributed by atoms with Gasteiger partial charge >= 0.3 is 0 Å². The maximum absolute atomic E-state index is 13.6. The first-order valence-corrected chi connectivity index (χ1v) is 7.13. The summed E-state index contributed by atoms with van der Waals surface area (Å²) in [4.78, 5) is 0. The second-order valence-corrected chi connectivity index (χ2v) is 5.72. The van der Waals surface area contributed by atoms with E-state index in [0.29, 0.717) is 11.5 Å². The zero-order valence-corrected chi connectivity index (χ0v) is 11.5. The fraction of sp³-hybridized carbons (Fsp3) is 0.625. The van der Waals surface area contributed by atoms with E-state index in [9.17, 15) is 4.39 Å². The van der Waals surface area contributed by atoms with Gasteiger partial charge < -0.3 is 5.73 Å². The van der Waals surface area contributed by atoms with Crippen LogP contribution in [0.15, 0.2) is 18.2 Å². The fourth-order valence-electron chi connectivity index (χ4n) is 3.04. The van der Waals surface area contributed by atoms with E-state index >= 15 is 0 Å². The number of nitrogens with two attached hydrogens (primary N) is 1. The van der Waals surface area contributed by atoms with E-state index in [4.69, 9.17) is 5.73 Å². The van der Waals surface area contributed by atoms with Crippen molar-refractivity contribution in [2.75, 3.05) is 0 Å². The number of hydrogen-bond donors (Lipinski definition) is 1. The molecule has 1 fully saturated rings. The van der Waals surface area contributed by atoms with Crippen molar-refractivity contribution in [3.05, 3.63) is 35.1 Å². The predicted molar refractivity (Wildman–Crippen MR) is 73.8 cm³/mol. The van der Waals surface area contributed by atoms with Crippen molar-refractivity contribution in [2.45, 2.75) is 52.0 Å². The maximum atomic E-state index is 13.6. The van der Waals surface area contributed by atoms with Crippen LogP contribution in [0.4, 0.5) is 4.39 Å². The van der Waals surface area contributed by atoms with Crippen LogP contribution in [0.5, 0.6) is 0 Å². The molecule has 0 bridgehead atoms. The standard InChI is InChI=1S/C16H24FN/c1-3-12-5-8-13(9-6-12)16(18)14-7-4-11(2)15(17)10-14/h4,7,10,12-13,16H,3,5-6,8-9,18H2,1-2H3. The van der Waals surface area contributed by atoms with E-state index < -0.39 is 0 Å². The third-order valence-electron chi connectivity index (χ3n) is 4.56. The minimum atomic E-state index is -0.134. The second-order valence-electron chi connectivity index (χ2n) is 5.72. The lowest BCUT2D eigenvalue weighted by atomic mass is 9.76. The lowest BCUT2D eigenvalue weighted by Gasteiger charge is -2.32. The minimum absolute atomic E-state index is 0.00194. The SMILES string of the molecule is CCC1CCC(C(N)c2ccc(C)c(F)c2)CC1. The van der Waals surface area contributed by atoms with E-state index in [-0.39, 0.29) is 11.9 Å². The molecule has 0 aromatic heterocycles. The molecule has 1 atom stereocenters. The van der Waals surface area contributed by atoms with Gasteiger partial charge in [-0.25, -0.2) is 4.39 Å². The molecule has 100 valence electrons. The average Bonchev–Trinajstić information content (AvgIpc) is 2.41. The summed E-state index contributed by atoms with van der Waals surface area (Å²) >= 11 is 0. The van der Waals surface area contributed by atoms with E-state index in [1.165, 1.54) is 32.1 Å². The highest BCUT2D eigenvalue weighted by atomic mass is 19.1. The maximum Gasteiger partial charge on any atom is 0.126 e. The lowest BCUT2D eigenvalue weighted by molar-refractivity contribution is 0.239. The van der Waals surface area contributed by atoms with Crippen LogP contribution in [0, 0.1) is 24.6 Å². The molecule has 1 saturated carbocycles. The van der Waals surface area contributed by atoms with E-state index in [1.54, 1.807) is 13.0 Å². The molecule has 2 heteroatoms. The molecule has 1 aliphatic rings. The molecule has 0 radical (unpaired) electrons. The molecule has 0 amide bonds. The largest absolute Gasteiger partial charge is 0.324 e. The van der Waals surface area contributed by atoms with Crippen LogP contribution in [0.25, 0.3) is 0 Å². The Morgan fingerprint density at radius 2 is 1.94 bits per heavy atom. The van der Waals surface area contributed by atoms with E-state index in [1.807, 2.05) is 12.1 Å². The van der Waals surface area contributed by atoms with Gasteiger partial charge in [-0.15, -0.1) is 0 Å². The molecule has 1 unspecified atom stereocenters. The molecule has 1 aliphatic carbocycles. The predicted octanol–water partition coefficient (Wildman–Crippen LogP) is 4.35. The van der Waals surface area contributed by atoms with Gasteiger partial charge in [0, 0.05) is 6.04 Å². The number of rotatable bonds is 3. The monoisotopic (exact) mass is 249 g/mol. The Hall–Kier alpha value is -0.890. The summed E-state index contributed by atoms with van der Waals surface area (Å²) in [6, 6.07) is 5.43. The number of benzene rings is 1. The van der Waals surface area contributed by atoms with E-state index in [2.05, 4.69) is 6.92 Å². The van der Waals surface area contributed by atoms with Gasteiger partial charge in [-0.2, -0.15) is 0 Å². The molecule has 2 rings (SSSR count). The third-order valence-corrected chi connectivity index (χ3v) is 4.56. The first-order valence-electron chi connectivity index (χ1n) is 7.13. The highest BCUT2D eigenvalue weighted by molar-refractivity contribution is 5.26. The van der Waals surface area contributed by atoms with Gasteiger partial charge in [0.1, 0.15) is 5.82 Å². The Labute approximate surface area is 110 Å². The summed E-state index contributed by atoms with van der Waals surface area (Å²) in [6.07, 6.45) is 6.22. The van der Waals surface area contributed by atoms with Gasteiger partial charge in [0.15, 0.2) is 0 Å². The molecule has 1 aromatic rings. The van der Waals surface area contributed by atoms with Crippen LogP contribution < -0.4 is 5.73 Å². The molecular formula is C16H24FN. The summed E-state index contributed by atoms with van der Waals surface area (Å²) in [5, 5.41) is 0. The molecule has 0 spiro atoms. The van der Waals surface area contributed by atoms with Crippen molar-refractivity contribution in [2.24, 2.45) is 17.6 Å². The Balaban J connectivity index is 2.03. The molecule has 1 aromatic carbocycles. The van der Waals surface area contributed by atoms with Gasteiger partial charge in [-0.1, -0.05) is 38.3 Å². The molecule has 0 aliphatic heterocycles. The highest BCUT2D eigenvalue weighted by Gasteiger charge is 2.25. The summed E-state index contributed by atoms with van der Waals surface area (Å²) in [6.45, 7) is 4.05. The Morgan fingerprint density at radius 3 is 2.50 bits per heavy atom. The Kier molecular flexibility index (Phi) is 4.39. The molecule has 0 heterocycles. The van der Waals surface area contributed by atoms with Crippen molar-refractivity contribution in [3.63, 3.8) is 0 Å². The summed E-state index contributed by atoms with van der Waals surface area (Å²) in [5.41, 5.74) is 7.96. The van der Waals surface area contributed by atoms with Gasteiger partial charge in [-0.05, 0) is 48.8 Å². The van der Waals surface area contributed by atoms with Crippen molar-refractivity contribution >= 4 is 0 Å². The second kappa shape index (κ2) is 5.83. The first kappa shape index (κ1) is 13.5. The number of aryl methyl sites for hydroxylation is 1. The molecular weight excluding hydrogens is 225 g/mol. The highest BCUT2D eigenvalue weighted by Crippen LogP contribution is 2.36. The average molecular weight is 249 g/mol. The Morgan fingerprint density at radius 1 is 1.28 bits per heavy atom. The number of hydrogen-bond acceptors (Lipinski definition) is 1. The Bertz CT molecular complexity index is 394. The van der Waals surface area contributed by atoms with Crippen molar-refractivity contribution < 1.29 is 4.39 Å². The van der Waals surface area contributed by atoms with Crippen LogP contribution in [0.3, 0.4) is 0 Å². The smallest absolute Gasteiger partial charge is 0.126 e. The quantitative estimate of drug-likeness (QED) is 0.846. The fourth-order valence-corrected chi connectivity index (χ4v) is 3.04. The van der Waals surface area contributed by atoms with Gasteiger partial charge in [0.2, 0.25) is 0 Å². The van der Waals surface area contributed by atoms with Crippen LogP contribution in [0.2, 0.25) is 0 Å². The van der Waals surface area contributed by atoms with Crippen LogP contribution >= 0.6 is 0 Å². The summed E-state index contributed by atoms with van der Waals surface area (Å²) < 4.78 is 13.6. The van der Waals surface area contributed by atoms with Crippen LogP contribution in [-0.4, -0.2) is 0 Å². The first-order chi connectivity index (χ1) is 8.61. The topological polar surface area (TPSA) is 26.0 Å². The minimum Gasteiger partial charge on any atom is -0.324 e. The van der Waals surface area contributed by atoms with Crippen LogP contribution in [-0.2, 0) is 0 Å². The van der Waals surface area contributed by atoms with Gasteiger partial charge in [-0.3, -0.25) is 0 Å². The molecule has 2 N–H and O–H groups in total.